The highest BCUT2D eigenvalue weighted by molar-refractivity contribution is 7.10. The van der Waals surface area contributed by atoms with Crippen LogP contribution in [0.1, 0.15) is 79.9 Å². The first-order valence-electron chi connectivity index (χ1n) is 11.1. The Kier molecular flexibility index (Phi) is 8.03. The molecule has 2 N–H and O–H groups in total. The number of piperidine rings is 1. The number of aromatic nitrogens is 1. The Morgan fingerprint density at radius 1 is 1.20 bits per heavy atom. The number of aliphatic hydroxyl groups is 1. The van der Waals surface area contributed by atoms with Gasteiger partial charge in [0.2, 0.25) is 0 Å². The van der Waals surface area contributed by atoms with Crippen molar-refractivity contribution in [3.8, 4) is 0 Å². The Morgan fingerprint density at radius 3 is 2.63 bits per heavy atom. The molecule has 164 valence electrons. The number of anilines is 1. The summed E-state index contributed by atoms with van der Waals surface area (Å²) in [7, 11) is 0. The van der Waals surface area contributed by atoms with Crippen LogP contribution in [0.5, 0.6) is 0 Å². The van der Waals surface area contributed by atoms with Gasteiger partial charge in [0.15, 0.2) is 0 Å². The van der Waals surface area contributed by atoms with Crippen LogP contribution in [-0.2, 0) is 5.41 Å². The first-order chi connectivity index (χ1) is 14.4. The van der Waals surface area contributed by atoms with Crippen LogP contribution in [0, 0.1) is 0 Å². The molecular weight excluding hydrogens is 394 g/mol. The third kappa shape index (κ3) is 6.13. The smallest absolute Gasteiger partial charge is 0.275 e. The summed E-state index contributed by atoms with van der Waals surface area (Å²) in [5, 5.41) is 14.9. The van der Waals surface area contributed by atoms with Gasteiger partial charge in [-0.25, -0.2) is 4.98 Å². The summed E-state index contributed by atoms with van der Waals surface area (Å²) >= 11 is 1.61. The number of carbonyl (C=O) groups is 1. The van der Waals surface area contributed by atoms with Crippen molar-refractivity contribution in [3.05, 3.63) is 45.9 Å². The molecule has 0 saturated carbocycles. The summed E-state index contributed by atoms with van der Waals surface area (Å²) in [4.78, 5) is 20.0. The summed E-state index contributed by atoms with van der Waals surface area (Å²) in [5.41, 5.74) is 2.47. The van der Waals surface area contributed by atoms with Gasteiger partial charge in [0.05, 0.1) is 5.01 Å². The van der Waals surface area contributed by atoms with Gasteiger partial charge < -0.3 is 15.3 Å². The monoisotopic (exact) mass is 429 g/mol. The van der Waals surface area contributed by atoms with E-state index in [4.69, 9.17) is 10.1 Å². The van der Waals surface area contributed by atoms with Crippen molar-refractivity contribution in [1.82, 2.24) is 9.88 Å². The molecule has 1 saturated heterocycles. The van der Waals surface area contributed by atoms with Crippen molar-refractivity contribution in [2.75, 3.05) is 31.6 Å². The molecule has 1 fully saturated rings. The molecule has 0 aliphatic carbocycles. The van der Waals surface area contributed by atoms with Crippen LogP contribution in [0.15, 0.2) is 29.6 Å². The van der Waals surface area contributed by atoms with Crippen LogP contribution in [0.2, 0.25) is 0 Å². The van der Waals surface area contributed by atoms with E-state index in [-0.39, 0.29) is 11.3 Å². The summed E-state index contributed by atoms with van der Waals surface area (Å²) < 4.78 is 0. The van der Waals surface area contributed by atoms with E-state index in [1.54, 1.807) is 11.3 Å². The molecule has 1 amide bonds. The predicted molar refractivity (Wildman–Crippen MR) is 125 cm³/mol. The fourth-order valence-electron chi connectivity index (χ4n) is 4.04. The van der Waals surface area contributed by atoms with Gasteiger partial charge >= 0.3 is 0 Å². The standard InChI is InChI=1S/C24H35N3O2S/c1-24(2,3)19-9-5-6-10-20(19)25-22(29)21-17-30-23(26-21)18-11-14-27(15-12-18)13-7-4-8-16-28/h5-6,9-10,17-18,28H,4,7-8,11-16H2,1-3H3,(H,25,29). The fraction of sp³-hybridized carbons (Fsp3) is 0.583. The lowest BCUT2D eigenvalue weighted by Crippen LogP contribution is -2.33. The second-order valence-corrected chi connectivity index (χ2v) is 10.1. The molecule has 2 heterocycles. The molecule has 5 nitrogen and oxygen atoms in total. The normalized spacial score (nSPS) is 16.0. The maximum Gasteiger partial charge on any atom is 0.275 e. The quantitative estimate of drug-likeness (QED) is 0.577. The number of nitrogens with zero attached hydrogens (tertiary/aromatic N) is 2. The molecule has 1 aliphatic rings. The molecule has 0 radical (unpaired) electrons. The largest absolute Gasteiger partial charge is 0.396 e. The number of para-hydroxylation sites is 1. The average Bonchev–Trinajstić information content (AvgIpc) is 3.22. The molecule has 1 aliphatic heterocycles. The molecule has 0 bridgehead atoms. The number of hydrogen-bond acceptors (Lipinski definition) is 5. The Bertz CT molecular complexity index is 820. The average molecular weight is 430 g/mol. The number of carbonyl (C=O) groups excluding carboxylic acids is 1. The summed E-state index contributed by atoms with van der Waals surface area (Å²) in [5.74, 6) is 0.322. The van der Waals surface area contributed by atoms with Gasteiger partial charge in [0, 0.05) is 23.6 Å². The number of aliphatic hydroxyl groups excluding tert-OH is 1. The lowest BCUT2D eigenvalue weighted by Gasteiger charge is -2.31. The summed E-state index contributed by atoms with van der Waals surface area (Å²) in [6, 6.07) is 7.99. The summed E-state index contributed by atoms with van der Waals surface area (Å²) in [6.07, 6.45) is 5.35. The van der Waals surface area contributed by atoms with E-state index in [2.05, 4.69) is 37.1 Å². The minimum atomic E-state index is -0.129. The molecule has 0 spiro atoms. The van der Waals surface area contributed by atoms with E-state index in [1.807, 2.05) is 23.6 Å². The fourth-order valence-corrected chi connectivity index (χ4v) is 5.01. The van der Waals surface area contributed by atoms with Crippen LogP contribution >= 0.6 is 11.3 Å². The summed E-state index contributed by atoms with van der Waals surface area (Å²) in [6.45, 7) is 10.0. The molecule has 30 heavy (non-hydrogen) atoms. The van der Waals surface area contributed by atoms with E-state index < -0.39 is 0 Å². The first-order valence-corrected chi connectivity index (χ1v) is 12.0. The van der Waals surface area contributed by atoms with Crippen LogP contribution in [0.25, 0.3) is 0 Å². The van der Waals surface area contributed by atoms with Crippen molar-refractivity contribution in [3.63, 3.8) is 0 Å². The lowest BCUT2D eigenvalue weighted by molar-refractivity contribution is 0.102. The lowest BCUT2D eigenvalue weighted by atomic mass is 9.86. The number of benzene rings is 1. The number of likely N-dealkylation sites (tertiary alicyclic amines) is 1. The van der Waals surface area contributed by atoms with Gasteiger partial charge in [0.1, 0.15) is 5.69 Å². The van der Waals surface area contributed by atoms with Crippen molar-refractivity contribution in [2.24, 2.45) is 0 Å². The van der Waals surface area contributed by atoms with Crippen LogP contribution in [0.4, 0.5) is 5.69 Å². The van der Waals surface area contributed by atoms with Crippen molar-refractivity contribution >= 4 is 22.9 Å². The Morgan fingerprint density at radius 2 is 1.93 bits per heavy atom. The van der Waals surface area contributed by atoms with Gasteiger partial charge in [-0.1, -0.05) is 39.0 Å². The maximum atomic E-state index is 12.8. The highest BCUT2D eigenvalue weighted by Gasteiger charge is 2.24. The SMILES string of the molecule is CC(C)(C)c1ccccc1NC(=O)c1csc(C2CCN(CCCCCO)CC2)n1. The molecular formula is C24H35N3O2S. The van der Waals surface area contributed by atoms with E-state index in [9.17, 15) is 4.79 Å². The second-order valence-electron chi connectivity index (χ2n) is 9.22. The maximum absolute atomic E-state index is 12.8. The van der Waals surface area contributed by atoms with Crippen LogP contribution in [-0.4, -0.2) is 47.1 Å². The number of hydrogen-bond donors (Lipinski definition) is 2. The van der Waals surface area contributed by atoms with Gasteiger partial charge in [-0.05, 0) is 68.8 Å². The minimum Gasteiger partial charge on any atom is -0.396 e. The number of unbranched alkanes of at least 4 members (excludes halogenated alkanes) is 2. The third-order valence-electron chi connectivity index (χ3n) is 5.81. The highest BCUT2D eigenvalue weighted by Crippen LogP contribution is 2.32. The van der Waals surface area contributed by atoms with E-state index in [0.717, 1.165) is 68.0 Å². The first kappa shape index (κ1) is 22.9. The molecule has 1 aromatic heterocycles. The highest BCUT2D eigenvalue weighted by atomic mass is 32.1. The molecule has 0 unspecified atom stereocenters. The van der Waals surface area contributed by atoms with E-state index in [1.165, 1.54) is 0 Å². The Hall–Kier alpha value is -1.76. The second kappa shape index (κ2) is 10.5. The van der Waals surface area contributed by atoms with Gasteiger partial charge in [-0.3, -0.25) is 4.79 Å². The molecule has 6 heteroatoms. The van der Waals surface area contributed by atoms with Crippen LogP contribution in [0.3, 0.4) is 0 Å². The molecule has 3 rings (SSSR count). The van der Waals surface area contributed by atoms with Gasteiger partial charge in [-0.2, -0.15) is 0 Å². The Labute approximate surface area is 184 Å². The number of thiazole rings is 1. The number of rotatable bonds is 8. The molecule has 1 aromatic carbocycles. The van der Waals surface area contributed by atoms with E-state index >= 15 is 0 Å². The zero-order chi connectivity index (χ0) is 21.6. The number of amides is 1. The van der Waals surface area contributed by atoms with Crippen molar-refractivity contribution < 1.29 is 9.90 Å². The minimum absolute atomic E-state index is 0.0385. The zero-order valence-corrected chi connectivity index (χ0v) is 19.3. The Balaban J connectivity index is 1.55. The van der Waals surface area contributed by atoms with Crippen molar-refractivity contribution in [1.29, 1.82) is 0 Å². The zero-order valence-electron chi connectivity index (χ0n) is 18.5. The molecule has 0 atom stereocenters. The van der Waals surface area contributed by atoms with Gasteiger partial charge in [0.25, 0.3) is 5.91 Å². The topological polar surface area (TPSA) is 65.5 Å². The van der Waals surface area contributed by atoms with E-state index in [0.29, 0.717) is 18.2 Å². The van der Waals surface area contributed by atoms with Crippen LogP contribution < -0.4 is 5.32 Å². The van der Waals surface area contributed by atoms with Gasteiger partial charge in [-0.15, -0.1) is 11.3 Å². The van der Waals surface area contributed by atoms with Crippen molar-refractivity contribution in [2.45, 2.75) is 64.2 Å². The third-order valence-corrected chi connectivity index (χ3v) is 6.81. The predicted octanol–water partition coefficient (Wildman–Crippen LogP) is 5.03. The number of nitrogens with one attached hydrogen (secondary N) is 1. The molecule has 2 aromatic rings.